The van der Waals surface area contributed by atoms with Gasteiger partial charge < -0.3 is 19.6 Å². The summed E-state index contributed by atoms with van der Waals surface area (Å²) in [5.74, 6) is 1.14. The lowest BCUT2D eigenvalue weighted by molar-refractivity contribution is 0.142. The highest BCUT2D eigenvalue weighted by Gasteiger charge is 2.18. The van der Waals surface area contributed by atoms with Crippen molar-refractivity contribution < 1.29 is 19.4 Å². The number of fused-ring (bicyclic) bond motifs is 1. The number of rotatable bonds is 3. The first-order valence-corrected chi connectivity index (χ1v) is 5.63. The molecule has 0 saturated heterocycles. The van der Waals surface area contributed by atoms with Gasteiger partial charge in [-0.2, -0.15) is 0 Å². The Kier molecular flexibility index (Phi) is 3.14. The van der Waals surface area contributed by atoms with E-state index in [1.807, 2.05) is 32.0 Å². The maximum atomic E-state index is 10.7. The van der Waals surface area contributed by atoms with E-state index in [0.717, 1.165) is 22.2 Å². The summed E-state index contributed by atoms with van der Waals surface area (Å²) in [4.78, 5) is 13.6. The molecule has 0 atom stereocenters. The van der Waals surface area contributed by atoms with Gasteiger partial charge in [0.15, 0.2) is 0 Å². The van der Waals surface area contributed by atoms with Crippen molar-refractivity contribution in [1.29, 1.82) is 0 Å². The Labute approximate surface area is 104 Å². The van der Waals surface area contributed by atoms with Gasteiger partial charge >= 0.3 is 6.16 Å². The van der Waals surface area contributed by atoms with E-state index in [1.165, 1.54) is 0 Å². The average Bonchev–Trinajstić information content (AvgIpc) is 2.64. The first-order chi connectivity index (χ1) is 8.52. The van der Waals surface area contributed by atoms with Crippen LogP contribution in [0, 0.1) is 0 Å². The van der Waals surface area contributed by atoms with E-state index in [0.29, 0.717) is 0 Å². The van der Waals surface area contributed by atoms with Crippen molar-refractivity contribution in [3.8, 4) is 11.6 Å². The lowest BCUT2D eigenvalue weighted by Gasteiger charge is -2.06. The molecule has 2 aromatic rings. The number of aromatic amines is 1. The highest BCUT2D eigenvalue weighted by molar-refractivity contribution is 5.88. The number of carbonyl (C=O) groups is 1. The molecule has 5 heteroatoms. The second-order valence-electron chi connectivity index (χ2n) is 4.30. The maximum Gasteiger partial charge on any atom is 0.512 e. The van der Waals surface area contributed by atoms with Gasteiger partial charge in [0.1, 0.15) is 5.75 Å². The van der Waals surface area contributed by atoms with E-state index >= 15 is 0 Å². The van der Waals surface area contributed by atoms with E-state index in [-0.39, 0.29) is 11.8 Å². The molecule has 1 heterocycles. The van der Waals surface area contributed by atoms with Crippen LogP contribution in [0.25, 0.3) is 10.9 Å². The number of benzene rings is 1. The van der Waals surface area contributed by atoms with Crippen molar-refractivity contribution in [1.82, 2.24) is 4.98 Å². The minimum absolute atomic E-state index is 0.139. The lowest BCUT2D eigenvalue weighted by Crippen LogP contribution is -2.05. The largest absolute Gasteiger partial charge is 0.512 e. The third-order valence-corrected chi connectivity index (χ3v) is 2.78. The zero-order valence-corrected chi connectivity index (χ0v) is 10.5. The van der Waals surface area contributed by atoms with Crippen LogP contribution in [-0.4, -0.2) is 23.4 Å². The molecule has 5 nitrogen and oxygen atoms in total. The van der Waals surface area contributed by atoms with Gasteiger partial charge in [-0.3, -0.25) is 0 Å². The summed E-state index contributed by atoms with van der Waals surface area (Å²) in [7, 11) is 1.59. The molecule has 0 bridgehead atoms. The normalized spacial score (nSPS) is 10.9. The Bertz CT molecular complexity index is 586. The Balaban J connectivity index is 2.64. The van der Waals surface area contributed by atoms with Crippen LogP contribution in [0.5, 0.6) is 11.6 Å². The smallest absolute Gasteiger partial charge is 0.497 e. The number of ether oxygens (including phenoxy) is 2. The summed E-state index contributed by atoms with van der Waals surface area (Å²) < 4.78 is 9.96. The molecule has 0 aliphatic carbocycles. The van der Waals surface area contributed by atoms with Crippen LogP contribution in [0.1, 0.15) is 25.3 Å². The van der Waals surface area contributed by atoms with Gasteiger partial charge in [0.05, 0.1) is 7.11 Å². The summed E-state index contributed by atoms with van der Waals surface area (Å²) in [5, 5.41) is 9.65. The highest BCUT2D eigenvalue weighted by atomic mass is 16.7. The molecule has 0 aliphatic rings. The first kappa shape index (κ1) is 12.3. The van der Waals surface area contributed by atoms with Crippen molar-refractivity contribution in [3.05, 3.63) is 23.8 Å². The zero-order valence-electron chi connectivity index (χ0n) is 10.5. The number of hydrogen-bond donors (Lipinski definition) is 2. The van der Waals surface area contributed by atoms with Crippen LogP contribution in [0.2, 0.25) is 0 Å². The lowest BCUT2D eigenvalue weighted by atomic mass is 10.0. The van der Waals surface area contributed by atoms with Crippen molar-refractivity contribution in [2.24, 2.45) is 0 Å². The summed E-state index contributed by atoms with van der Waals surface area (Å²) in [5.41, 5.74) is 1.67. The molecular formula is C13H15NO4. The number of hydrogen-bond acceptors (Lipinski definition) is 3. The van der Waals surface area contributed by atoms with E-state index in [1.54, 1.807) is 7.11 Å². The fourth-order valence-electron chi connectivity index (χ4n) is 2.04. The Morgan fingerprint density at radius 2 is 2.11 bits per heavy atom. The second kappa shape index (κ2) is 4.60. The maximum absolute atomic E-state index is 10.7. The molecular weight excluding hydrogens is 234 g/mol. The third kappa shape index (κ3) is 2.11. The minimum Gasteiger partial charge on any atom is -0.497 e. The van der Waals surface area contributed by atoms with Gasteiger partial charge in [0.2, 0.25) is 5.88 Å². The fraction of sp³-hybridized carbons (Fsp3) is 0.308. The van der Waals surface area contributed by atoms with Crippen LogP contribution in [0.4, 0.5) is 4.79 Å². The molecule has 0 radical (unpaired) electrons. The molecule has 1 aromatic heterocycles. The molecule has 0 amide bonds. The summed E-state index contributed by atoms with van der Waals surface area (Å²) in [6.07, 6.45) is -1.32. The molecule has 2 rings (SSSR count). The standard InChI is InChI=1S/C13H15NO4/c1-7(2)11-9-6-8(17-3)4-5-10(9)14-12(11)18-13(15)16/h4-7,14H,1-3H3,(H,15,16). The number of carboxylic acid groups (broad SMARTS) is 1. The number of H-pyrrole nitrogens is 1. The summed E-state index contributed by atoms with van der Waals surface area (Å²) in [6.45, 7) is 3.97. The van der Waals surface area contributed by atoms with Crippen LogP contribution in [0.15, 0.2) is 18.2 Å². The highest BCUT2D eigenvalue weighted by Crippen LogP contribution is 2.35. The van der Waals surface area contributed by atoms with Gasteiger partial charge in [0.25, 0.3) is 0 Å². The third-order valence-electron chi connectivity index (χ3n) is 2.78. The predicted molar refractivity (Wildman–Crippen MR) is 67.6 cm³/mol. The van der Waals surface area contributed by atoms with E-state index < -0.39 is 6.16 Å². The van der Waals surface area contributed by atoms with Gasteiger partial charge in [-0.25, -0.2) is 4.79 Å². The fourth-order valence-corrected chi connectivity index (χ4v) is 2.04. The Hall–Kier alpha value is -2.17. The monoisotopic (exact) mass is 249 g/mol. The molecule has 0 unspecified atom stereocenters. The van der Waals surface area contributed by atoms with Crippen LogP contribution in [-0.2, 0) is 0 Å². The Morgan fingerprint density at radius 3 is 2.67 bits per heavy atom. The molecule has 18 heavy (non-hydrogen) atoms. The SMILES string of the molecule is COc1ccc2[nH]c(OC(=O)O)c(C(C)C)c2c1. The van der Waals surface area contributed by atoms with Crippen molar-refractivity contribution >= 4 is 17.1 Å². The number of methoxy groups -OCH3 is 1. The van der Waals surface area contributed by atoms with Crippen LogP contribution >= 0.6 is 0 Å². The van der Waals surface area contributed by atoms with E-state index in [4.69, 9.17) is 14.6 Å². The van der Waals surface area contributed by atoms with Crippen molar-refractivity contribution in [3.63, 3.8) is 0 Å². The molecule has 0 aliphatic heterocycles. The van der Waals surface area contributed by atoms with E-state index in [9.17, 15) is 4.79 Å². The summed E-state index contributed by atoms with van der Waals surface area (Å²) in [6, 6.07) is 5.53. The zero-order chi connectivity index (χ0) is 13.3. The van der Waals surface area contributed by atoms with Crippen molar-refractivity contribution in [2.45, 2.75) is 19.8 Å². The van der Waals surface area contributed by atoms with Gasteiger partial charge in [0, 0.05) is 16.5 Å². The predicted octanol–water partition coefficient (Wildman–Crippen LogP) is 3.36. The summed E-state index contributed by atoms with van der Waals surface area (Å²) >= 11 is 0. The number of nitrogens with one attached hydrogen (secondary N) is 1. The topological polar surface area (TPSA) is 71.5 Å². The number of aromatic nitrogens is 1. The van der Waals surface area contributed by atoms with Gasteiger partial charge in [-0.05, 0) is 24.1 Å². The average molecular weight is 249 g/mol. The molecule has 2 N–H and O–H groups in total. The molecule has 0 saturated carbocycles. The van der Waals surface area contributed by atoms with Gasteiger partial charge in [-0.15, -0.1) is 0 Å². The Morgan fingerprint density at radius 1 is 1.39 bits per heavy atom. The van der Waals surface area contributed by atoms with Crippen LogP contribution < -0.4 is 9.47 Å². The first-order valence-electron chi connectivity index (χ1n) is 5.63. The van der Waals surface area contributed by atoms with E-state index in [2.05, 4.69) is 4.98 Å². The van der Waals surface area contributed by atoms with Gasteiger partial charge in [-0.1, -0.05) is 13.8 Å². The molecule has 96 valence electrons. The molecule has 0 fully saturated rings. The molecule has 1 aromatic carbocycles. The van der Waals surface area contributed by atoms with Crippen LogP contribution in [0.3, 0.4) is 0 Å². The quantitative estimate of drug-likeness (QED) is 0.818. The molecule has 0 spiro atoms. The minimum atomic E-state index is -1.32. The second-order valence-corrected chi connectivity index (χ2v) is 4.30. The van der Waals surface area contributed by atoms with Crippen molar-refractivity contribution in [2.75, 3.05) is 7.11 Å².